The molecule has 0 bridgehead atoms. The molecule has 6 heteroatoms. The highest BCUT2D eigenvalue weighted by atomic mass is 16.5. The van der Waals surface area contributed by atoms with Crippen LogP contribution in [0, 0.1) is 6.92 Å². The molecule has 170 valence electrons. The summed E-state index contributed by atoms with van der Waals surface area (Å²) in [4.78, 5) is 24.6. The van der Waals surface area contributed by atoms with Crippen molar-refractivity contribution in [3.8, 4) is 5.75 Å². The van der Waals surface area contributed by atoms with Gasteiger partial charge in [0, 0.05) is 5.56 Å². The van der Waals surface area contributed by atoms with Crippen LogP contribution < -0.4 is 15.5 Å². The third-order valence-electron chi connectivity index (χ3n) is 5.25. The highest BCUT2D eigenvalue weighted by Gasteiger charge is 2.10. The number of hydrogen-bond donors (Lipinski definition) is 2. The van der Waals surface area contributed by atoms with Gasteiger partial charge in [-0.05, 0) is 59.2 Å². The highest BCUT2D eigenvalue weighted by molar-refractivity contribution is 6.07. The summed E-state index contributed by atoms with van der Waals surface area (Å²) >= 11 is 0. The number of fused-ring (bicyclic) bond motifs is 1. The summed E-state index contributed by atoms with van der Waals surface area (Å²) in [7, 11) is 0. The number of aryl methyl sites for hydroxylation is 1. The second-order valence-electron chi connectivity index (χ2n) is 7.85. The minimum atomic E-state index is -0.414. The Bertz CT molecular complexity index is 1310. The van der Waals surface area contributed by atoms with Crippen molar-refractivity contribution in [2.45, 2.75) is 13.5 Å². The molecule has 0 unspecified atom stereocenters. The van der Waals surface area contributed by atoms with E-state index in [0.29, 0.717) is 12.2 Å². The molecule has 0 saturated carbocycles. The standard InChI is InChI=1S/C28H25N3O3/c1-20-9-11-22(12-10-20)19-34-24-15-13-21(14-16-24)17-30-31-27(32)18-29-28(33)26-8-4-6-23-5-2-3-7-25(23)26/h2-17H,18-19H2,1H3,(H,29,33)(H,31,32)/b30-17+. The van der Waals surface area contributed by atoms with E-state index in [1.807, 2.05) is 72.8 Å². The molecule has 0 fully saturated rings. The van der Waals surface area contributed by atoms with Crippen LogP contribution in [-0.4, -0.2) is 24.6 Å². The van der Waals surface area contributed by atoms with Gasteiger partial charge in [0.15, 0.2) is 0 Å². The summed E-state index contributed by atoms with van der Waals surface area (Å²) in [6, 6.07) is 28.7. The zero-order valence-corrected chi connectivity index (χ0v) is 18.8. The first-order valence-electron chi connectivity index (χ1n) is 10.9. The van der Waals surface area contributed by atoms with E-state index in [-0.39, 0.29) is 12.5 Å². The number of benzene rings is 4. The zero-order valence-electron chi connectivity index (χ0n) is 18.8. The van der Waals surface area contributed by atoms with E-state index in [2.05, 4.69) is 34.9 Å². The van der Waals surface area contributed by atoms with Gasteiger partial charge in [0.05, 0.1) is 12.8 Å². The van der Waals surface area contributed by atoms with Crippen LogP contribution in [0.5, 0.6) is 5.75 Å². The number of hydrogen-bond acceptors (Lipinski definition) is 4. The van der Waals surface area contributed by atoms with Gasteiger partial charge in [0.1, 0.15) is 12.4 Å². The Labute approximate surface area is 198 Å². The van der Waals surface area contributed by atoms with E-state index < -0.39 is 5.91 Å². The van der Waals surface area contributed by atoms with Crippen molar-refractivity contribution in [2.75, 3.05) is 6.54 Å². The second kappa shape index (κ2) is 10.9. The third kappa shape index (κ3) is 6.07. The molecule has 4 aromatic carbocycles. The fraction of sp³-hybridized carbons (Fsp3) is 0.107. The summed E-state index contributed by atoms with van der Waals surface area (Å²) in [5.74, 6) is 0.0259. The van der Waals surface area contributed by atoms with Gasteiger partial charge >= 0.3 is 0 Å². The first-order chi connectivity index (χ1) is 16.6. The maximum absolute atomic E-state index is 12.5. The normalized spacial score (nSPS) is 10.9. The molecule has 0 heterocycles. The lowest BCUT2D eigenvalue weighted by atomic mass is 10.0. The van der Waals surface area contributed by atoms with Crippen molar-refractivity contribution in [2.24, 2.45) is 5.10 Å². The minimum Gasteiger partial charge on any atom is -0.489 e. The van der Waals surface area contributed by atoms with Crippen LogP contribution in [-0.2, 0) is 11.4 Å². The maximum Gasteiger partial charge on any atom is 0.259 e. The van der Waals surface area contributed by atoms with Gasteiger partial charge < -0.3 is 10.1 Å². The van der Waals surface area contributed by atoms with E-state index in [1.165, 1.54) is 11.8 Å². The number of nitrogens with one attached hydrogen (secondary N) is 2. The van der Waals surface area contributed by atoms with Gasteiger partial charge in [0.2, 0.25) is 0 Å². The van der Waals surface area contributed by atoms with Crippen molar-refractivity contribution in [3.05, 3.63) is 113 Å². The van der Waals surface area contributed by atoms with Gasteiger partial charge in [-0.3, -0.25) is 9.59 Å². The van der Waals surface area contributed by atoms with Gasteiger partial charge in [0.25, 0.3) is 11.8 Å². The van der Waals surface area contributed by atoms with E-state index in [9.17, 15) is 9.59 Å². The molecule has 0 spiro atoms. The third-order valence-corrected chi connectivity index (χ3v) is 5.25. The summed E-state index contributed by atoms with van der Waals surface area (Å²) in [6.07, 6.45) is 1.54. The molecule has 4 aromatic rings. The van der Waals surface area contributed by atoms with Crippen LogP contribution in [0.4, 0.5) is 0 Å². The van der Waals surface area contributed by atoms with Crippen molar-refractivity contribution in [1.82, 2.24) is 10.7 Å². The van der Waals surface area contributed by atoms with Crippen LogP contribution in [0.3, 0.4) is 0 Å². The molecule has 6 nitrogen and oxygen atoms in total. The van der Waals surface area contributed by atoms with Gasteiger partial charge in [-0.25, -0.2) is 5.43 Å². The van der Waals surface area contributed by atoms with E-state index in [4.69, 9.17) is 4.74 Å². The summed E-state index contributed by atoms with van der Waals surface area (Å²) in [6.45, 7) is 2.37. The number of carbonyl (C=O) groups excluding carboxylic acids is 2. The molecule has 0 radical (unpaired) electrons. The summed E-state index contributed by atoms with van der Waals surface area (Å²) in [5, 5.41) is 8.40. The van der Waals surface area contributed by atoms with Crippen LogP contribution in [0.2, 0.25) is 0 Å². The van der Waals surface area contributed by atoms with Crippen molar-refractivity contribution < 1.29 is 14.3 Å². The topological polar surface area (TPSA) is 79.8 Å². The molecule has 0 aromatic heterocycles. The lowest BCUT2D eigenvalue weighted by Gasteiger charge is -2.07. The maximum atomic E-state index is 12.5. The Morgan fingerprint density at radius 3 is 2.41 bits per heavy atom. The SMILES string of the molecule is Cc1ccc(COc2ccc(/C=N/NC(=O)CNC(=O)c3cccc4ccccc34)cc2)cc1. The van der Waals surface area contributed by atoms with Crippen molar-refractivity contribution in [3.63, 3.8) is 0 Å². The molecular weight excluding hydrogens is 426 g/mol. The number of carbonyl (C=O) groups is 2. The Kier molecular flexibility index (Phi) is 7.30. The molecular formula is C28H25N3O3. The largest absolute Gasteiger partial charge is 0.489 e. The molecule has 0 aliphatic heterocycles. The number of rotatable bonds is 8. The van der Waals surface area contributed by atoms with Gasteiger partial charge in [-0.1, -0.05) is 66.2 Å². The minimum absolute atomic E-state index is 0.175. The van der Waals surface area contributed by atoms with Gasteiger partial charge in [-0.2, -0.15) is 5.10 Å². The Morgan fingerprint density at radius 2 is 1.62 bits per heavy atom. The molecule has 0 aliphatic rings. The van der Waals surface area contributed by atoms with Crippen molar-refractivity contribution >= 4 is 28.8 Å². The molecule has 0 saturated heterocycles. The Balaban J connectivity index is 1.23. The molecule has 0 aliphatic carbocycles. The fourth-order valence-electron chi connectivity index (χ4n) is 3.40. The van der Waals surface area contributed by atoms with E-state index in [1.54, 1.807) is 6.07 Å². The molecule has 4 rings (SSSR count). The average Bonchev–Trinajstić information content (AvgIpc) is 2.87. The van der Waals surface area contributed by atoms with E-state index in [0.717, 1.165) is 27.6 Å². The lowest BCUT2D eigenvalue weighted by molar-refractivity contribution is -0.120. The average molecular weight is 452 g/mol. The predicted molar refractivity (Wildman–Crippen MR) is 134 cm³/mol. The first kappa shape index (κ1) is 22.7. The van der Waals surface area contributed by atoms with Crippen LogP contribution in [0.25, 0.3) is 10.8 Å². The Morgan fingerprint density at radius 1 is 0.882 bits per heavy atom. The van der Waals surface area contributed by atoms with E-state index >= 15 is 0 Å². The summed E-state index contributed by atoms with van der Waals surface area (Å²) in [5.41, 5.74) is 6.08. The number of hydrazone groups is 1. The molecule has 2 N–H and O–H groups in total. The smallest absolute Gasteiger partial charge is 0.259 e. The Hall–Kier alpha value is -4.45. The van der Waals surface area contributed by atoms with Crippen LogP contribution >= 0.6 is 0 Å². The predicted octanol–water partition coefficient (Wildman–Crippen LogP) is 4.61. The van der Waals surface area contributed by atoms with Gasteiger partial charge in [-0.15, -0.1) is 0 Å². The quantitative estimate of drug-likeness (QED) is 0.303. The highest BCUT2D eigenvalue weighted by Crippen LogP contribution is 2.18. The fourth-order valence-corrected chi connectivity index (χ4v) is 3.40. The van der Waals surface area contributed by atoms with Crippen LogP contribution in [0.1, 0.15) is 27.0 Å². The number of amides is 2. The van der Waals surface area contributed by atoms with Crippen LogP contribution in [0.15, 0.2) is 96.1 Å². The molecule has 0 atom stereocenters. The lowest BCUT2D eigenvalue weighted by Crippen LogP contribution is -2.35. The molecule has 34 heavy (non-hydrogen) atoms. The monoisotopic (exact) mass is 451 g/mol. The summed E-state index contributed by atoms with van der Waals surface area (Å²) < 4.78 is 5.79. The van der Waals surface area contributed by atoms with Crippen molar-refractivity contribution in [1.29, 1.82) is 0 Å². The molecule has 2 amide bonds. The second-order valence-corrected chi connectivity index (χ2v) is 7.85. The zero-order chi connectivity index (χ0) is 23.8. The number of nitrogens with zero attached hydrogens (tertiary/aromatic N) is 1. The first-order valence-corrected chi connectivity index (χ1v) is 10.9. The number of ether oxygens (including phenoxy) is 1.